The zero-order valence-corrected chi connectivity index (χ0v) is 13.0. The molecule has 0 atom stereocenters. The van der Waals surface area contributed by atoms with Crippen molar-refractivity contribution in [3.8, 4) is 5.82 Å². The van der Waals surface area contributed by atoms with Crippen LogP contribution < -0.4 is 0 Å². The molecule has 0 radical (unpaired) electrons. The molecule has 0 saturated heterocycles. The van der Waals surface area contributed by atoms with Gasteiger partial charge >= 0.3 is 125 Å². The molecule has 0 aliphatic heterocycles. The van der Waals surface area contributed by atoms with Gasteiger partial charge in [-0.2, -0.15) is 0 Å². The molecule has 90 valence electrons. The van der Waals surface area contributed by atoms with E-state index in [1.807, 2.05) is 21.8 Å². The molecule has 2 aromatic heterocycles. The van der Waals surface area contributed by atoms with E-state index in [-0.39, 0.29) is 14.7 Å². The number of halogens is 2. The molecule has 1 aromatic carbocycles. The Morgan fingerprint density at radius 1 is 1.22 bits per heavy atom. The van der Waals surface area contributed by atoms with E-state index in [9.17, 15) is 0 Å². The topological polar surface area (TPSA) is 17.8 Å². The first-order chi connectivity index (χ1) is 8.66. The van der Waals surface area contributed by atoms with Crippen LogP contribution in [0.25, 0.3) is 15.5 Å². The second kappa shape index (κ2) is 4.80. The molecule has 0 aliphatic rings. The Labute approximate surface area is 125 Å². The third-order valence-electron chi connectivity index (χ3n) is 2.47. The molecule has 0 bridgehead atoms. The summed E-state index contributed by atoms with van der Waals surface area (Å²) in [6.45, 7) is 0. The first-order valence-electron chi connectivity index (χ1n) is 5.09. The van der Waals surface area contributed by atoms with Crippen LogP contribution in [-0.2, 0) is 0 Å². The van der Waals surface area contributed by atoms with Crippen molar-refractivity contribution in [2.75, 3.05) is 0 Å². The summed E-state index contributed by atoms with van der Waals surface area (Å²) in [6, 6.07) is 9.81. The Morgan fingerprint density at radius 3 is 2.72 bits per heavy atom. The second-order valence-electron chi connectivity index (χ2n) is 3.65. The van der Waals surface area contributed by atoms with Gasteiger partial charge in [-0.05, 0) is 0 Å². The molecular weight excluding hydrogens is 354 g/mol. The summed E-state index contributed by atoms with van der Waals surface area (Å²) in [6.07, 6.45) is 1.59. The van der Waals surface area contributed by atoms with E-state index in [0.29, 0.717) is 15.9 Å². The van der Waals surface area contributed by atoms with Gasteiger partial charge in [0, 0.05) is 0 Å². The molecule has 3 rings (SSSR count). The van der Waals surface area contributed by atoms with Crippen molar-refractivity contribution in [1.82, 2.24) is 8.55 Å². The van der Waals surface area contributed by atoms with Crippen LogP contribution in [0.3, 0.4) is 0 Å². The number of pyridine rings is 1. The number of fused-ring (bicyclic) bond motifs is 1. The molecule has 18 heavy (non-hydrogen) atoms. The fourth-order valence-electron chi connectivity index (χ4n) is 1.67. The SMILES string of the molecule is S=c1c2ccccc2[se]n1-c1ncc(Cl)cc1Cl. The van der Waals surface area contributed by atoms with Crippen LogP contribution in [0.5, 0.6) is 0 Å². The van der Waals surface area contributed by atoms with E-state index in [1.54, 1.807) is 12.3 Å². The molecule has 0 fully saturated rings. The maximum atomic E-state index is 6.18. The van der Waals surface area contributed by atoms with Gasteiger partial charge in [0.15, 0.2) is 0 Å². The monoisotopic (exact) mass is 360 g/mol. The predicted molar refractivity (Wildman–Crippen MR) is 78.9 cm³/mol. The third kappa shape index (κ3) is 2.04. The number of rotatable bonds is 1. The Hall–Kier alpha value is -0.641. The number of aromatic nitrogens is 2. The van der Waals surface area contributed by atoms with Crippen molar-refractivity contribution in [3.05, 3.63) is 51.2 Å². The number of nitrogens with zero attached hydrogens (tertiary/aromatic N) is 2. The van der Waals surface area contributed by atoms with Crippen LogP contribution in [0.15, 0.2) is 36.5 Å². The number of hydrogen-bond donors (Lipinski definition) is 0. The van der Waals surface area contributed by atoms with Gasteiger partial charge in [0.2, 0.25) is 0 Å². The van der Waals surface area contributed by atoms with Crippen LogP contribution in [0.4, 0.5) is 0 Å². The van der Waals surface area contributed by atoms with Gasteiger partial charge < -0.3 is 0 Å². The van der Waals surface area contributed by atoms with Gasteiger partial charge in [-0.15, -0.1) is 0 Å². The van der Waals surface area contributed by atoms with E-state index in [2.05, 4.69) is 11.1 Å². The predicted octanol–water partition coefficient (Wildman–Crippen LogP) is 4.12. The van der Waals surface area contributed by atoms with Crippen molar-refractivity contribution in [2.45, 2.75) is 0 Å². The van der Waals surface area contributed by atoms with Crippen molar-refractivity contribution in [2.24, 2.45) is 0 Å². The molecule has 0 spiro atoms. The van der Waals surface area contributed by atoms with E-state index in [1.165, 1.54) is 4.26 Å². The molecular formula is C12H6Cl2N2SSe. The Morgan fingerprint density at radius 2 is 2.00 bits per heavy atom. The fourth-order valence-corrected chi connectivity index (χ4v) is 4.97. The Kier molecular flexibility index (Phi) is 3.30. The summed E-state index contributed by atoms with van der Waals surface area (Å²) < 4.78 is 4.02. The van der Waals surface area contributed by atoms with Crippen LogP contribution >= 0.6 is 35.4 Å². The molecule has 0 N–H and O–H groups in total. The summed E-state index contributed by atoms with van der Waals surface area (Å²) in [4.78, 5) is 4.28. The number of hydrogen-bond acceptors (Lipinski definition) is 2. The summed E-state index contributed by atoms with van der Waals surface area (Å²) in [5, 5.41) is 2.15. The summed E-state index contributed by atoms with van der Waals surface area (Å²) >= 11 is 17.6. The van der Waals surface area contributed by atoms with Gasteiger partial charge in [0.25, 0.3) is 0 Å². The minimum absolute atomic E-state index is 0.0815. The van der Waals surface area contributed by atoms with Crippen molar-refractivity contribution in [1.29, 1.82) is 0 Å². The molecule has 3 aromatic rings. The third-order valence-corrected chi connectivity index (χ3v) is 5.91. The average molecular weight is 360 g/mol. The van der Waals surface area contributed by atoms with Crippen LogP contribution in [0.1, 0.15) is 0 Å². The van der Waals surface area contributed by atoms with E-state index in [4.69, 9.17) is 35.4 Å². The molecule has 0 unspecified atom stereocenters. The molecule has 0 aliphatic carbocycles. The van der Waals surface area contributed by atoms with E-state index >= 15 is 0 Å². The van der Waals surface area contributed by atoms with Crippen molar-refractivity contribution in [3.63, 3.8) is 0 Å². The van der Waals surface area contributed by atoms with Gasteiger partial charge in [-0.3, -0.25) is 0 Å². The molecule has 2 heterocycles. The summed E-state index contributed by atoms with van der Waals surface area (Å²) in [5.74, 6) is 0.683. The molecule has 2 nitrogen and oxygen atoms in total. The Balaban J connectivity index is 2.32. The van der Waals surface area contributed by atoms with Crippen LogP contribution in [0, 0.1) is 4.64 Å². The van der Waals surface area contributed by atoms with E-state index in [0.717, 1.165) is 10.0 Å². The normalized spacial score (nSPS) is 11.0. The fraction of sp³-hybridized carbons (Fsp3) is 0. The Bertz CT molecular complexity index is 794. The quantitative estimate of drug-likeness (QED) is 0.480. The number of benzene rings is 1. The van der Waals surface area contributed by atoms with Crippen molar-refractivity contribution < 1.29 is 0 Å². The van der Waals surface area contributed by atoms with Gasteiger partial charge in [-0.1, -0.05) is 0 Å². The van der Waals surface area contributed by atoms with Crippen molar-refractivity contribution >= 4 is 59.8 Å². The van der Waals surface area contributed by atoms with Gasteiger partial charge in [0.05, 0.1) is 0 Å². The maximum absolute atomic E-state index is 6.18. The van der Waals surface area contributed by atoms with Crippen LogP contribution in [0.2, 0.25) is 10.0 Å². The molecule has 6 heteroatoms. The second-order valence-corrected chi connectivity index (χ2v) is 6.95. The summed E-state index contributed by atoms with van der Waals surface area (Å²) in [5.41, 5.74) is 0. The average Bonchev–Trinajstić information content (AvgIpc) is 2.68. The standard InChI is InChI=1S/C12H6Cl2N2SSe/c13-7-5-9(14)11(15-6-7)16-12(17)8-3-1-2-4-10(8)18-16/h1-6H. The van der Waals surface area contributed by atoms with E-state index < -0.39 is 0 Å². The van der Waals surface area contributed by atoms with Crippen LogP contribution in [-0.4, -0.2) is 23.3 Å². The zero-order chi connectivity index (χ0) is 12.7. The molecule has 0 saturated carbocycles. The first-order valence-corrected chi connectivity index (χ1v) is 7.88. The van der Waals surface area contributed by atoms with Gasteiger partial charge in [0.1, 0.15) is 0 Å². The summed E-state index contributed by atoms with van der Waals surface area (Å²) in [7, 11) is 0. The van der Waals surface area contributed by atoms with Gasteiger partial charge in [-0.25, -0.2) is 0 Å². The molecule has 0 amide bonds. The first kappa shape index (κ1) is 12.4. The minimum atomic E-state index is 0.0815. The zero-order valence-electron chi connectivity index (χ0n) is 8.93.